The number of nitrogens with one attached hydrogen (secondary N) is 2. The fourth-order valence-electron chi connectivity index (χ4n) is 12.9. The minimum absolute atomic E-state index is 0.112. The van der Waals surface area contributed by atoms with Crippen molar-refractivity contribution in [3.05, 3.63) is 123 Å². The van der Waals surface area contributed by atoms with Gasteiger partial charge in [0.05, 0.1) is 80.1 Å². The Bertz CT molecular complexity index is 3540. The van der Waals surface area contributed by atoms with Crippen LogP contribution in [0.2, 0.25) is 0 Å². The Morgan fingerprint density at radius 1 is 0.667 bits per heavy atom. The van der Waals surface area contributed by atoms with Crippen molar-refractivity contribution in [2.24, 2.45) is 19.5 Å². The third kappa shape index (κ3) is 11.1. The van der Waals surface area contributed by atoms with E-state index in [1.165, 1.54) is 15.8 Å². The van der Waals surface area contributed by atoms with E-state index in [1.54, 1.807) is 54.3 Å². The topological polar surface area (TPSA) is 202 Å². The van der Waals surface area contributed by atoms with Gasteiger partial charge in [-0.25, -0.2) is 15.0 Å². The second kappa shape index (κ2) is 22.5. The lowest BCUT2D eigenvalue weighted by Gasteiger charge is -2.46. The van der Waals surface area contributed by atoms with Crippen LogP contribution in [-0.2, 0) is 58.9 Å². The number of pyridine rings is 5. The number of fused-ring (bicyclic) bond motifs is 3. The second-order valence-corrected chi connectivity index (χ2v) is 25.7. The lowest BCUT2D eigenvalue weighted by molar-refractivity contribution is -0.0691. The fraction of sp³-hybridized carbons (Fsp3) is 0.516. The summed E-state index contributed by atoms with van der Waals surface area (Å²) in [7, 11) is 2.89. The zero-order valence-electron chi connectivity index (χ0n) is 50.2. The molecule has 7 aliphatic rings. The number of nitrogens with zero attached hydrogens (tertiary/aromatic N) is 11. The number of anilines is 7. The highest BCUT2D eigenvalue weighted by atomic mass is 16.7. The van der Waals surface area contributed by atoms with Crippen LogP contribution in [0.3, 0.4) is 0 Å². The molecule has 2 atom stereocenters. The van der Waals surface area contributed by atoms with Gasteiger partial charge in [0.1, 0.15) is 34.5 Å². The van der Waals surface area contributed by atoms with E-state index < -0.39 is 18.3 Å². The molecule has 13 rings (SSSR count). The summed E-state index contributed by atoms with van der Waals surface area (Å²) < 4.78 is 28.3. The number of hydrogen-bond donors (Lipinski definition) is 3. The van der Waals surface area contributed by atoms with E-state index in [0.29, 0.717) is 88.5 Å². The zero-order chi connectivity index (χ0) is 59.0. The highest BCUT2D eigenvalue weighted by molar-refractivity contribution is 6.62. The summed E-state index contributed by atoms with van der Waals surface area (Å²) in [4.78, 5) is 65.4. The van der Waals surface area contributed by atoms with Crippen LogP contribution < -0.4 is 41.9 Å². The van der Waals surface area contributed by atoms with Crippen LogP contribution in [0.15, 0.2) is 89.1 Å². The number of aryl methyl sites for hydroxylation is 2. The molecule has 0 spiro atoms. The molecule has 6 aliphatic heterocycles. The Morgan fingerprint density at radius 3 is 1.74 bits per heavy atom. The third-order valence-corrected chi connectivity index (χ3v) is 18.6. The van der Waals surface area contributed by atoms with Gasteiger partial charge in [-0.1, -0.05) is 13.8 Å². The molecule has 0 bridgehead atoms. The highest BCUT2D eigenvalue weighted by Crippen LogP contribution is 2.41. The number of ether oxygens (including phenoxy) is 2. The van der Waals surface area contributed by atoms with E-state index in [0.717, 1.165) is 95.4 Å². The number of piperazine rings is 2. The largest absolute Gasteiger partial charge is 0.496 e. The van der Waals surface area contributed by atoms with Crippen LogP contribution in [-0.4, -0.2) is 164 Å². The van der Waals surface area contributed by atoms with Crippen molar-refractivity contribution in [2.45, 2.75) is 117 Å². The number of carbonyl (C=O) groups is 1. The highest BCUT2D eigenvalue weighted by Gasteiger charge is 2.52. The van der Waals surface area contributed by atoms with Crippen LogP contribution in [0, 0.1) is 5.41 Å². The lowest BCUT2D eigenvalue weighted by Crippen LogP contribution is -2.59. The molecule has 5 saturated heterocycles. The maximum absolute atomic E-state index is 13.9. The number of aliphatic hydroxyl groups is 1. The fourth-order valence-corrected chi connectivity index (χ4v) is 12.9. The molecule has 0 aromatic carbocycles. The molecule has 0 saturated carbocycles. The van der Waals surface area contributed by atoms with Crippen LogP contribution in [0.25, 0.3) is 11.1 Å². The number of aromatic nitrogens is 6. The summed E-state index contributed by atoms with van der Waals surface area (Å²) in [5.41, 5.74) is 7.82. The van der Waals surface area contributed by atoms with Crippen molar-refractivity contribution in [1.29, 1.82) is 0 Å². The van der Waals surface area contributed by atoms with Gasteiger partial charge in [-0.3, -0.25) is 29.1 Å². The minimum Gasteiger partial charge on any atom is -0.399 e. The van der Waals surface area contributed by atoms with Gasteiger partial charge in [0.15, 0.2) is 0 Å². The Hall–Kier alpha value is -6.92. The summed E-state index contributed by atoms with van der Waals surface area (Å²) >= 11 is 0. The van der Waals surface area contributed by atoms with Crippen LogP contribution in [0.5, 0.6) is 0 Å². The third-order valence-electron chi connectivity index (χ3n) is 18.6. The number of amides is 1. The molecule has 5 fully saturated rings. The van der Waals surface area contributed by atoms with Crippen LogP contribution >= 0.6 is 0 Å². The standard InChI is InChI=1S/C37H44N8O4.C25H36BN5O4/c1-23-18-42(27-21-49-22-27)9-10-43(23)26-5-6-33(39-17-26)40-30-13-25(19-41(4)35(30)47)28-7-8-38-34(29(28)20-46)45-12-11-44-31(36(45)48)14-24-15-37(2,3)16-32(24)44;1-17-13-30(20-15-33-16-20)9-10-31(17)19-7-8-22(27-12-19)28-21-11-18(14-29(6)23(21)32)26-34-24(2,3)25(4,5)35-26/h5-8,13-14,17,19,23,27,46H,9-12,15-16,18,20-22H2,1-4H3,(H,39,40);7-8,11-12,14,17,20H,9-10,13,15-16H2,1-6H3,(H,27,28)/t23-;17-/m00/s1. The van der Waals surface area contributed by atoms with E-state index in [2.05, 4.69) is 83.5 Å². The summed E-state index contributed by atoms with van der Waals surface area (Å²) in [6.45, 7) is 27.2. The average molecular weight is 1150 g/mol. The molecular formula is C62H80BN13O8. The van der Waals surface area contributed by atoms with E-state index in [1.807, 2.05) is 70.4 Å². The number of carbonyl (C=O) groups excluding carboxylic acids is 1. The van der Waals surface area contributed by atoms with E-state index in [4.69, 9.17) is 18.8 Å². The van der Waals surface area contributed by atoms with Gasteiger partial charge in [0.25, 0.3) is 17.0 Å². The van der Waals surface area contributed by atoms with Crippen LogP contribution in [0.1, 0.15) is 82.7 Å². The van der Waals surface area contributed by atoms with E-state index >= 15 is 0 Å². The molecule has 6 aromatic rings. The smallest absolute Gasteiger partial charge is 0.399 e. The molecule has 22 heteroatoms. The molecule has 0 unspecified atom stereocenters. The van der Waals surface area contributed by atoms with Crippen molar-refractivity contribution < 1.29 is 28.7 Å². The average Bonchev–Trinajstić information content (AvgIpc) is 2.37. The Labute approximate surface area is 491 Å². The normalized spacial score (nSPS) is 22.2. The van der Waals surface area contributed by atoms with Crippen LogP contribution in [0.4, 0.5) is 40.2 Å². The van der Waals surface area contributed by atoms with Gasteiger partial charge in [-0.15, -0.1) is 0 Å². The summed E-state index contributed by atoms with van der Waals surface area (Å²) in [6, 6.07) is 17.2. The first-order valence-corrected chi connectivity index (χ1v) is 29.7. The SMILES string of the molecule is C[C@H]1CN(C2COC2)CCN1c1ccc(Nc2cc(-c3ccnc(N4CCn5c(cc6c5CC(C)(C)C6)C4=O)c3CO)cn(C)c2=O)nc1.C[C@H]1CN(C2COC2)CCN1c1ccc(Nc2cc(B3OC(C)(C)C(C)(C)O3)cn(C)c2=O)nc1. The molecular weight excluding hydrogens is 1070 g/mol. The molecule has 444 valence electrons. The molecule has 84 heavy (non-hydrogen) atoms. The van der Waals surface area contributed by atoms with Gasteiger partial charge >= 0.3 is 7.12 Å². The quantitative estimate of drug-likeness (QED) is 0.133. The summed E-state index contributed by atoms with van der Waals surface area (Å²) in [5.74, 6) is 1.51. The van der Waals surface area contributed by atoms with Crippen molar-refractivity contribution >= 4 is 58.7 Å². The molecule has 12 heterocycles. The van der Waals surface area contributed by atoms with Gasteiger partial charge in [-0.05, 0) is 119 Å². The van der Waals surface area contributed by atoms with Gasteiger partial charge in [0.2, 0.25) is 0 Å². The Balaban J connectivity index is 0.000000175. The summed E-state index contributed by atoms with van der Waals surface area (Å²) in [5, 5.41) is 17.1. The maximum Gasteiger partial charge on any atom is 0.496 e. The Kier molecular flexibility index (Phi) is 15.4. The summed E-state index contributed by atoms with van der Waals surface area (Å²) in [6.07, 6.45) is 10.8. The van der Waals surface area contributed by atoms with Crippen molar-refractivity contribution in [3.63, 3.8) is 0 Å². The first kappa shape index (κ1) is 57.5. The van der Waals surface area contributed by atoms with Gasteiger partial charge in [-0.2, -0.15) is 0 Å². The second-order valence-electron chi connectivity index (χ2n) is 25.7. The minimum atomic E-state index is -0.547. The molecule has 3 N–H and O–H groups in total. The predicted octanol–water partition coefficient (Wildman–Crippen LogP) is 5.31. The molecule has 1 aliphatic carbocycles. The number of aliphatic hydroxyl groups excluding tert-OH is 1. The number of hydrogen-bond acceptors (Lipinski definition) is 17. The Morgan fingerprint density at radius 2 is 1.23 bits per heavy atom. The molecule has 6 aromatic heterocycles. The van der Waals surface area contributed by atoms with Crippen molar-refractivity contribution in [2.75, 3.05) is 97.6 Å². The number of rotatable bonds is 12. The first-order chi connectivity index (χ1) is 40.1. The zero-order valence-corrected chi connectivity index (χ0v) is 50.2. The predicted molar refractivity (Wildman–Crippen MR) is 327 cm³/mol. The van der Waals surface area contributed by atoms with E-state index in [-0.39, 0.29) is 29.0 Å². The van der Waals surface area contributed by atoms with E-state index in [9.17, 15) is 19.5 Å². The molecule has 1 amide bonds. The van der Waals surface area contributed by atoms with Gasteiger partial charge < -0.3 is 58.0 Å². The van der Waals surface area contributed by atoms with Gasteiger partial charge in [0, 0.05) is 119 Å². The van der Waals surface area contributed by atoms with Crippen molar-refractivity contribution in [3.8, 4) is 11.1 Å². The first-order valence-electron chi connectivity index (χ1n) is 29.7. The monoisotopic (exact) mass is 1150 g/mol. The lowest BCUT2D eigenvalue weighted by atomic mass is 9.80. The van der Waals surface area contributed by atoms with Crippen molar-refractivity contribution in [1.82, 2.24) is 38.5 Å². The molecule has 21 nitrogen and oxygen atoms in total. The maximum atomic E-state index is 13.9. The molecule has 0 radical (unpaired) electrons.